The molecule has 17 heavy (non-hydrogen) atoms. The minimum Gasteiger partial charge on any atom is -0.251 e. The fourth-order valence-electron chi connectivity index (χ4n) is 1.65. The third kappa shape index (κ3) is 3.34. The van der Waals surface area contributed by atoms with E-state index in [1.54, 1.807) is 6.07 Å². The second kappa shape index (κ2) is 6.37. The topological polar surface area (TPSA) is 12.9 Å². The van der Waals surface area contributed by atoms with Crippen molar-refractivity contribution >= 4 is 67.0 Å². The van der Waals surface area contributed by atoms with Gasteiger partial charge in [-0.15, -0.1) is 17.0 Å². The van der Waals surface area contributed by atoms with Crippen LogP contribution in [0.5, 0.6) is 0 Å². The Morgan fingerprint density at radius 1 is 1.24 bits per heavy atom. The van der Waals surface area contributed by atoms with Gasteiger partial charge in [0.15, 0.2) is 0 Å². The molecular formula is C12H11Br2Cl2N. The van der Waals surface area contributed by atoms with E-state index >= 15 is 0 Å². The summed E-state index contributed by atoms with van der Waals surface area (Å²) >= 11 is 15.6. The Balaban J connectivity index is 0.00000144. The molecule has 0 unspecified atom stereocenters. The van der Waals surface area contributed by atoms with E-state index < -0.39 is 0 Å². The van der Waals surface area contributed by atoms with Gasteiger partial charge in [0.2, 0.25) is 0 Å². The molecule has 0 aliphatic carbocycles. The number of nitrogens with zero attached hydrogens (tertiary/aromatic N) is 1. The molecule has 0 fully saturated rings. The van der Waals surface area contributed by atoms with Crippen LogP contribution in [0.3, 0.4) is 0 Å². The van der Waals surface area contributed by atoms with Gasteiger partial charge in [-0.3, -0.25) is 4.98 Å². The maximum absolute atomic E-state index is 6.14. The smallest absolute Gasteiger partial charge is 0.0903 e. The summed E-state index contributed by atoms with van der Waals surface area (Å²) in [5.74, 6) is 0. The molecule has 1 nitrogen and oxygen atoms in total. The molecule has 0 atom stereocenters. The van der Waals surface area contributed by atoms with E-state index in [2.05, 4.69) is 27.8 Å². The van der Waals surface area contributed by atoms with E-state index in [0.717, 1.165) is 33.9 Å². The monoisotopic (exact) mass is 397 g/mol. The lowest BCUT2D eigenvalue weighted by Crippen LogP contribution is -1.91. The number of aromatic nitrogens is 1. The molecule has 2 aromatic rings. The average Bonchev–Trinajstić information content (AvgIpc) is 2.20. The number of fused-ring (bicyclic) bond motifs is 1. The van der Waals surface area contributed by atoms with Crippen LogP contribution in [0.1, 0.15) is 19.0 Å². The van der Waals surface area contributed by atoms with Crippen molar-refractivity contribution in [3.63, 3.8) is 0 Å². The van der Waals surface area contributed by atoms with Crippen LogP contribution in [0.25, 0.3) is 10.9 Å². The van der Waals surface area contributed by atoms with Gasteiger partial charge < -0.3 is 0 Å². The Morgan fingerprint density at radius 3 is 2.59 bits per heavy atom. The SMILES string of the molecule is Br.CCCc1cc(Br)c2cc(Cl)cc(Cl)c2n1. The molecule has 1 aromatic heterocycles. The number of hydrogen-bond acceptors (Lipinski definition) is 1. The van der Waals surface area contributed by atoms with Gasteiger partial charge in [-0.1, -0.05) is 52.5 Å². The second-order valence-corrected chi connectivity index (χ2v) is 5.33. The Labute approximate surface area is 129 Å². The van der Waals surface area contributed by atoms with Crippen LogP contribution >= 0.6 is 56.1 Å². The van der Waals surface area contributed by atoms with E-state index in [-0.39, 0.29) is 17.0 Å². The van der Waals surface area contributed by atoms with Gasteiger partial charge in [0.05, 0.1) is 10.5 Å². The molecule has 0 spiro atoms. The summed E-state index contributed by atoms with van der Waals surface area (Å²) in [5, 5.41) is 2.18. The summed E-state index contributed by atoms with van der Waals surface area (Å²) in [6.07, 6.45) is 2.02. The highest BCUT2D eigenvalue weighted by atomic mass is 79.9. The van der Waals surface area contributed by atoms with Crippen molar-refractivity contribution in [2.45, 2.75) is 19.8 Å². The van der Waals surface area contributed by atoms with E-state index in [1.165, 1.54) is 0 Å². The van der Waals surface area contributed by atoms with Crippen LogP contribution in [-0.2, 0) is 6.42 Å². The number of rotatable bonds is 2. The summed E-state index contributed by atoms with van der Waals surface area (Å²) in [7, 11) is 0. The van der Waals surface area contributed by atoms with Gasteiger partial charge in [0, 0.05) is 20.6 Å². The largest absolute Gasteiger partial charge is 0.251 e. The fraction of sp³-hybridized carbons (Fsp3) is 0.250. The van der Waals surface area contributed by atoms with Gasteiger partial charge in [0.1, 0.15) is 0 Å². The van der Waals surface area contributed by atoms with E-state index in [4.69, 9.17) is 23.2 Å². The highest BCUT2D eigenvalue weighted by Crippen LogP contribution is 2.32. The van der Waals surface area contributed by atoms with Gasteiger partial charge in [0.25, 0.3) is 0 Å². The van der Waals surface area contributed by atoms with Crippen molar-refractivity contribution in [3.05, 3.63) is 38.4 Å². The van der Waals surface area contributed by atoms with Crippen molar-refractivity contribution in [1.82, 2.24) is 4.98 Å². The maximum Gasteiger partial charge on any atom is 0.0903 e. The molecule has 92 valence electrons. The van der Waals surface area contributed by atoms with E-state index in [0.29, 0.717) is 10.0 Å². The van der Waals surface area contributed by atoms with Gasteiger partial charge in [-0.25, -0.2) is 0 Å². The van der Waals surface area contributed by atoms with Gasteiger partial charge in [-0.2, -0.15) is 0 Å². The van der Waals surface area contributed by atoms with Crippen LogP contribution in [0.15, 0.2) is 22.7 Å². The molecule has 0 aliphatic heterocycles. The normalized spacial score (nSPS) is 10.4. The van der Waals surface area contributed by atoms with Gasteiger partial charge in [-0.05, 0) is 24.6 Å². The molecule has 1 heterocycles. The summed E-state index contributed by atoms with van der Waals surface area (Å²) in [5.41, 5.74) is 1.86. The fourth-order valence-corrected chi connectivity index (χ4v) is 2.75. The van der Waals surface area contributed by atoms with Crippen LogP contribution in [-0.4, -0.2) is 4.98 Å². The minimum absolute atomic E-state index is 0. The van der Waals surface area contributed by atoms with Crippen LogP contribution in [0.2, 0.25) is 10.0 Å². The quantitative estimate of drug-likeness (QED) is 0.618. The third-order valence-corrected chi connectivity index (χ3v) is 3.50. The molecule has 0 amide bonds. The molecule has 5 heteroatoms. The molecule has 2 rings (SSSR count). The highest BCUT2D eigenvalue weighted by Gasteiger charge is 2.08. The zero-order chi connectivity index (χ0) is 11.7. The maximum atomic E-state index is 6.14. The molecule has 1 aromatic carbocycles. The first-order valence-corrected chi connectivity index (χ1v) is 6.61. The van der Waals surface area contributed by atoms with Gasteiger partial charge >= 0.3 is 0 Å². The van der Waals surface area contributed by atoms with E-state index in [9.17, 15) is 0 Å². The van der Waals surface area contributed by atoms with Crippen LogP contribution < -0.4 is 0 Å². The molecular weight excluding hydrogens is 389 g/mol. The van der Waals surface area contributed by atoms with Crippen molar-refractivity contribution in [2.75, 3.05) is 0 Å². The first-order chi connectivity index (χ1) is 7.61. The first kappa shape index (κ1) is 15.2. The minimum atomic E-state index is 0. The number of hydrogen-bond donors (Lipinski definition) is 0. The van der Waals surface area contributed by atoms with Crippen molar-refractivity contribution in [1.29, 1.82) is 0 Å². The Hall–Kier alpha value is 0.170. The summed E-state index contributed by atoms with van der Waals surface area (Å²) in [6, 6.07) is 5.62. The zero-order valence-corrected chi connectivity index (χ0v) is 13.9. The summed E-state index contributed by atoms with van der Waals surface area (Å²) < 4.78 is 0.991. The lowest BCUT2D eigenvalue weighted by atomic mass is 10.1. The third-order valence-electron chi connectivity index (χ3n) is 2.34. The molecule has 0 radical (unpaired) electrons. The zero-order valence-electron chi connectivity index (χ0n) is 9.14. The molecule has 0 aliphatic rings. The first-order valence-electron chi connectivity index (χ1n) is 5.06. The lowest BCUT2D eigenvalue weighted by molar-refractivity contribution is 0.889. The van der Waals surface area contributed by atoms with Crippen LogP contribution in [0, 0.1) is 0 Å². The molecule has 0 bridgehead atoms. The predicted octanol–water partition coefficient (Wildman–Crippen LogP) is 5.83. The number of aryl methyl sites for hydroxylation is 1. The standard InChI is InChI=1S/C12H10BrCl2N.BrH/c1-2-3-8-6-10(13)9-4-7(14)5-11(15)12(9)16-8;/h4-6H,2-3H2,1H3;1H. The average molecular weight is 400 g/mol. The molecule has 0 saturated carbocycles. The lowest BCUT2D eigenvalue weighted by Gasteiger charge is -2.06. The Kier molecular flexibility index (Phi) is 5.71. The number of halogens is 4. The number of benzene rings is 1. The van der Waals surface area contributed by atoms with Crippen molar-refractivity contribution in [3.8, 4) is 0 Å². The second-order valence-electron chi connectivity index (χ2n) is 3.63. The van der Waals surface area contributed by atoms with E-state index in [1.807, 2.05) is 12.1 Å². The Morgan fingerprint density at radius 2 is 1.94 bits per heavy atom. The summed E-state index contributed by atoms with van der Waals surface area (Å²) in [6.45, 7) is 2.13. The number of pyridine rings is 1. The molecule has 0 saturated heterocycles. The summed E-state index contributed by atoms with van der Waals surface area (Å²) in [4.78, 5) is 4.55. The van der Waals surface area contributed by atoms with Crippen LogP contribution in [0.4, 0.5) is 0 Å². The van der Waals surface area contributed by atoms with Crippen molar-refractivity contribution in [2.24, 2.45) is 0 Å². The highest BCUT2D eigenvalue weighted by molar-refractivity contribution is 9.10. The predicted molar refractivity (Wildman–Crippen MR) is 83.8 cm³/mol. The Bertz CT molecular complexity index is 544. The van der Waals surface area contributed by atoms with Crippen molar-refractivity contribution < 1.29 is 0 Å². The molecule has 0 N–H and O–H groups in total.